The molecule has 1 aromatic heterocycles. The normalized spacial score (nSPS) is 10.3. The molecule has 1 aromatic carbocycles. The SMILES string of the molecule is Cc1nc(-c2ccccc2Br)ccc1N. The van der Waals surface area contributed by atoms with Gasteiger partial charge in [-0.3, -0.25) is 4.98 Å². The third-order valence-electron chi connectivity index (χ3n) is 2.28. The maximum Gasteiger partial charge on any atom is 0.0718 e. The monoisotopic (exact) mass is 262 g/mol. The molecule has 0 spiro atoms. The maximum absolute atomic E-state index is 5.73. The van der Waals surface area contributed by atoms with Gasteiger partial charge < -0.3 is 5.73 Å². The summed E-state index contributed by atoms with van der Waals surface area (Å²) in [7, 11) is 0. The smallest absolute Gasteiger partial charge is 0.0718 e. The van der Waals surface area contributed by atoms with E-state index >= 15 is 0 Å². The zero-order valence-electron chi connectivity index (χ0n) is 8.37. The molecule has 0 aliphatic heterocycles. The molecule has 2 aromatic rings. The first-order chi connectivity index (χ1) is 7.18. The van der Waals surface area contributed by atoms with E-state index in [1.807, 2.05) is 43.3 Å². The van der Waals surface area contributed by atoms with E-state index < -0.39 is 0 Å². The Balaban J connectivity index is 2.55. The molecular weight excluding hydrogens is 252 g/mol. The van der Waals surface area contributed by atoms with Crippen LogP contribution < -0.4 is 5.73 Å². The highest BCUT2D eigenvalue weighted by Gasteiger charge is 2.04. The van der Waals surface area contributed by atoms with Crippen molar-refractivity contribution in [2.45, 2.75) is 6.92 Å². The summed E-state index contributed by atoms with van der Waals surface area (Å²) in [6, 6.07) is 11.8. The van der Waals surface area contributed by atoms with Crippen LogP contribution >= 0.6 is 15.9 Å². The molecule has 0 radical (unpaired) electrons. The first-order valence-corrected chi connectivity index (χ1v) is 5.46. The van der Waals surface area contributed by atoms with E-state index in [0.717, 1.165) is 27.1 Å². The van der Waals surface area contributed by atoms with Gasteiger partial charge in [-0.1, -0.05) is 34.1 Å². The first kappa shape index (κ1) is 10.2. The van der Waals surface area contributed by atoms with Crippen LogP contribution in [0, 0.1) is 6.92 Å². The molecule has 15 heavy (non-hydrogen) atoms. The third-order valence-corrected chi connectivity index (χ3v) is 2.97. The lowest BCUT2D eigenvalue weighted by atomic mass is 10.1. The van der Waals surface area contributed by atoms with Gasteiger partial charge in [0, 0.05) is 10.0 Å². The van der Waals surface area contributed by atoms with Crippen LogP contribution in [0.25, 0.3) is 11.3 Å². The van der Waals surface area contributed by atoms with Gasteiger partial charge in [0.1, 0.15) is 0 Å². The van der Waals surface area contributed by atoms with Crippen molar-refractivity contribution in [2.75, 3.05) is 5.73 Å². The molecule has 0 aliphatic rings. The summed E-state index contributed by atoms with van der Waals surface area (Å²) in [5.41, 5.74) is 9.35. The Morgan fingerprint density at radius 3 is 2.53 bits per heavy atom. The fourth-order valence-corrected chi connectivity index (χ4v) is 1.88. The van der Waals surface area contributed by atoms with E-state index in [1.165, 1.54) is 0 Å². The van der Waals surface area contributed by atoms with E-state index in [1.54, 1.807) is 0 Å². The summed E-state index contributed by atoms with van der Waals surface area (Å²) < 4.78 is 1.04. The molecule has 2 N–H and O–H groups in total. The summed E-state index contributed by atoms with van der Waals surface area (Å²) in [5, 5.41) is 0. The number of halogens is 1. The van der Waals surface area contributed by atoms with Crippen molar-refractivity contribution < 1.29 is 0 Å². The topological polar surface area (TPSA) is 38.9 Å². The quantitative estimate of drug-likeness (QED) is 0.856. The van der Waals surface area contributed by atoms with Crippen LogP contribution in [0.1, 0.15) is 5.69 Å². The second kappa shape index (κ2) is 4.03. The molecule has 0 unspecified atom stereocenters. The second-order valence-electron chi connectivity index (χ2n) is 3.35. The lowest BCUT2D eigenvalue weighted by Gasteiger charge is -2.06. The van der Waals surface area contributed by atoms with Crippen LogP contribution in [0.15, 0.2) is 40.9 Å². The highest BCUT2D eigenvalue weighted by Crippen LogP contribution is 2.27. The zero-order valence-corrected chi connectivity index (χ0v) is 9.95. The number of rotatable bonds is 1. The Kier molecular flexibility index (Phi) is 2.73. The number of aromatic nitrogens is 1. The molecule has 0 fully saturated rings. The number of hydrogen-bond donors (Lipinski definition) is 1. The first-order valence-electron chi connectivity index (χ1n) is 4.66. The summed E-state index contributed by atoms with van der Waals surface area (Å²) in [6.07, 6.45) is 0. The predicted molar refractivity (Wildman–Crippen MR) is 66.5 cm³/mol. The van der Waals surface area contributed by atoms with Crippen molar-refractivity contribution >= 4 is 21.6 Å². The van der Waals surface area contributed by atoms with Crippen molar-refractivity contribution in [3.63, 3.8) is 0 Å². The van der Waals surface area contributed by atoms with Crippen LogP contribution in [0.3, 0.4) is 0 Å². The molecule has 0 saturated heterocycles. The molecule has 1 heterocycles. The maximum atomic E-state index is 5.73. The summed E-state index contributed by atoms with van der Waals surface area (Å²) in [6.45, 7) is 1.91. The number of pyridine rings is 1. The minimum Gasteiger partial charge on any atom is -0.397 e. The Morgan fingerprint density at radius 1 is 1.13 bits per heavy atom. The van der Waals surface area contributed by atoms with Gasteiger partial charge in [0.2, 0.25) is 0 Å². The Morgan fingerprint density at radius 2 is 1.87 bits per heavy atom. The minimum atomic E-state index is 0.728. The van der Waals surface area contributed by atoms with Crippen LogP contribution in [0.2, 0.25) is 0 Å². The van der Waals surface area contributed by atoms with Crippen molar-refractivity contribution in [1.82, 2.24) is 4.98 Å². The number of nitrogen functional groups attached to an aromatic ring is 1. The standard InChI is InChI=1S/C12H11BrN2/c1-8-11(14)6-7-12(15-8)9-4-2-3-5-10(9)13/h2-7H,14H2,1H3. The van der Waals surface area contributed by atoms with E-state index in [-0.39, 0.29) is 0 Å². The number of nitrogens with two attached hydrogens (primary N) is 1. The molecule has 3 heteroatoms. The van der Waals surface area contributed by atoms with Gasteiger partial charge in [-0.2, -0.15) is 0 Å². The van der Waals surface area contributed by atoms with Gasteiger partial charge in [-0.15, -0.1) is 0 Å². The van der Waals surface area contributed by atoms with Crippen molar-refractivity contribution in [1.29, 1.82) is 0 Å². The molecule has 0 saturated carbocycles. The van der Waals surface area contributed by atoms with E-state index in [9.17, 15) is 0 Å². The van der Waals surface area contributed by atoms with Gasteiger partial charge in [0.15, 0.2) is 0 Å². The predicted octanol–water partition coefficient (Wildman–Crippen LogP) is 3.40. The molecule has 0 amide bonds. The molecule has 0 aliphatic carbocycles. The number of aryl methyl sites for hydroxylation is 1. The molecule has 2 nitrogen and oxygen atoms in total. The van der Waals surface area contributed by atoms with Gasteiger partial charge in [-0.25, -0.2) is 0 Å². The minimum absolute atomic E-state index is 0.728. The Hall–Kier alpha value is -1.35. The average Bonchev–Trinajstić information content (AvgIpc) is 2.23. The van der Waals surface area contributed by atoms with E-state index in [2.05, 4.69) is 20.9 Å². The second-order valence-corrected chi connectivity index (χ2v) is 4.21. The largest absolute Gasteiger partial charge is 0.397 e. The van der Waals surface area contributed by atoms with Crippen LogP contribution in [-0.4, -0.2) is 4.98 Å². The van der Waals surface area contributed by atoms with Gasteiger partial charge >= 0.3 is 0 Å². The molecular formula is C12H11BrN2. The van der Waals surface area contributed by atoms with Crippen molar-refractivity contribution in [3.05, 3.63) is 46.6 Å². The zero-order chi connectivity index (χ0) is 10.8. The van der Waals surface area contributed by atoms with Crippen LogP contribution in [0.4, 0.5) is 5.69 Å². The van der Waals surface area contributed by atoms with Crippen LogP contribution in [-0.2, 0) is 0 Å². The molecule has 0 atom stereocenters. The third kappa shape index (κ3) is 2.02. The summed E-state index contributed by atoms with van der Waals surface area (Å²) in [4.78, 5) is 4.45. The van der Waals surface area contributed by atoms with Crippen molar-refractivity contribution in [2.24, 2.45) is 0 Å². The number of hydrogen-bond acceptors (Lipinski definition) is 2. The molecule has 0 bridgehead atoms. The lowest BCUT2D eigenvalue weighted by Crippen LogP contribution is -1.94. The lowest BCUT2D eigenvalue weighted by molar-refractivity contribution is 1.21. The number of nitrogens with zero attached hydrogens (tertiary/aromatic N) is 1. The number of anilines is 1. The highest BCUT2D eigenvalue weighted by molar-refractivity contribution is 9.10. The van der Waals surface area contributed by atoms with Crippen LogP contribution in [0.5, 0.6) is 0 Å². The van der Waals surface area contributed by atoms with E-state index in [0.29, 0.717) is 0 Å². The van der Waals surface area contributed by atoms with Gasteiger partial charge in [0.05, 0.1) is 17.1 Å². The summed E-state index contributed by atoms with van der Waals surface area (Å²) >= 11 is 3.50. The fourth-order valence-electron chi connectivity index (χ4n) is 1.39. The molecule has 76 valence electrons. The molecule has 2 rings (SSSR count). The van der Waals surface area contributed by atoms with Gasteiger partial charge in [-0.05, 0) is 25.1 Å². The Labute approximate surface area is 97.3 Å². The Bertz CT molecular complexity index is 495. The average molecular weight is 263 g/mol. The van der Waals surface area contributed by atoms with E-state index in [4.69, 9.17) is 5.73 Å². The summed E-state index contributed by atoms with van der Waals surface area (Å²) in [5.74, 6) is 0. The number of benzene rings is 1. The highest BCUT2D eigenvalue weighted by atomic mass is 79.9. The van der Waals surface area contributed by atoms with Crippen molar-refractivity contribution in [3.8, 4) is 11.3 Å². The fraction of sp³-hybridized carbons (Fsp3) is 0.0833. The van der Waals surface area contributed by atoms with Gasteiger partial charge in [0.25, 0.3) is 0 Å².